The minimum absolute atomic E-state index is 0.507. The molecule has 0 amide bonds. The summed E-state index contributed by atoms with van der Waals surface area (Å²) < 4.78 is 1.77. The number of aliphatic hydroxyl groups is 1. The third-order valence-corrected chi connectivity index (χ3v) is 3.70. The van der Waals surface area contributed by atoms with Crippen molar-refractivity contribution in [1.29, 1.82) is 0 Å². The summed E-state index contributed by atoms with van der Waals surface area (Å²) in [6.45, 7) is 0. The fourth-order valence-electron chi connectivity index (χ4n) is 2.98. The second-order valence-corrected chi connectivity index (χ2v) is 4.37. The molecule has 0 bridgehead atoms. The van der Waals surface area contributed by atoms with Gasteiger partial charge in [-0.1, -0.05) is 6.42 Å². The molecule has 2 fully saturated rings. The average Bonchev–Trinajstić information content (AvgIpc) is 2.61. The van der Waals surface area contributed by atoms with Crippen LogP contribution in [0.15, 0.2) is 12.4 Å². The predicted octanol–water partition coefficient (Wildman–Crippen LogP) is 1.04. The first-order valence-electron chi connectivity index (χ1n) is 4.94. The first-order valence-corrected chi connectivity index (χ1v) is 4.94. The first kappa shape index (κ1) is 7.56. The lowest BCUT2D eigenvalue weighted by Crippen LogP contribution is -2.11. The Morgan fingerprint density at radius 1 is 1.54 bits per heavy atom. The quantitative estimate of drug-likeness (QED) is 0.697. The SMILES string of the molecule is Cn1cc(C2(O)C3CCCC32)cn1. The van der Waals surface area contributed by atoms with Crippen molar-refractivity contribution in [2.45, 2.75) is 24.9 Å². The summed E-state index contributed by atoms with van der Waals surface area (Å²) in [6, 6.07) is 0. The van der Waals surface area contributed by atoms with Crippen molar-refractivity contribution in [3.05, 3.63) is 18.0 Å². The largest absolute Gasteiger partial charge is 0.384 e. The Morgan fingerprint density at radius 2 is 2.23 bits per heavy atom. The molecule has 1 N–H and O–H groups in total. The lowest BCUT2D eigenvalue weighted by Gasteiger charge is -2.11. The van der Waals surface area contributed by atoms with Gasteiger partial charge in [0.1, 0.15) is 0 Å². The maximum Gasteiger partial charge on any atom is 0.0990 e. The maximum absolute atomic E-state index is 10.3. The van der Waals surface area contributed by atoms with Crippen LogP contribution in [0.3, 0.4) is 0 Å². The molecule has 2 atom stereocenters. The molecule has 2 saturated carbocycles. The van der Waals surface area contributed by atoms with Crippen molar-refractivity contribution in [2.75, 3.05) is 0 Å². The van der Waals surface area contributed by atoms with Crippen molar-refractivity contribution in [3.63, 3.8) is 0 Å². The minimum Gasteiger partial charge on any atom is -0.384 e. The molecule has 13 heavy (non-hydrogen) atoms. The Bertz CT molecular complexity index is 334. The molecule has 0 aliphatic heterocycles. The number of hydrogen-bond acceptors (Lipinski definition) is 2. The highest BCUT2D eigenvalue weighted by Gasteiger charge is 2.66. The van der Waals surface area contributed by atoms with Gasteiger partial charge in [0.2, 0.25) is 0 Å². The summed E-state index contributed by atoms with van der Waals surface area (Å²) in [6.07, 6.45) is 7.42. The fraction of sp³-hybridized carbons (Fsp3) is 0.700. The van der Waals surface area contributed by atoms with Crippen LogP contribution in [0.4, 0.5) is 0 Å². The van der Waals surface area contributed by atoms with Gasteiger partial charge >= 0.3 is 0 Å². The molecule has 70 valence electrons. The lowest BCUT2D eigenvalue weighted by atomic mass is 10.0. The lowest BCUT2D eigenvalue weighted by molar-refractivity contribution is 0.105. The van der Waals surface area contributed by atoms with Crippen molar-refractivity contribution >= 4 is 0 Å². The van der Waals surface area contributed by atoms with Gasteiger partial charge in [0, 0.05) is 18.8 Å². The molecule has 0 saturated heterocycles. The molecular formula is C10H14N2O. The highest BCUT2D eigenvalue weighted by molar-refractivity contribution is 5.30. The number of nitrogens with zero attached hydrogens (tertiary/aromatic N) is 2. The van der Waals surface area contributed by atoms with Crippen LogP contribution in [0, 0.1) is 11.8 Å². The highest BCUT2D eigenvalue weighted by atomic mass is 16.3. The zero-order valence-corrected chi connectivity index (χ0v) is 7.77. The van der Waals surface area contributed by atoms with Gasteiger partial charge in [-0.25, -0.2) is 0 Å². The number of fused-ring (bicyclic) bond motifs is 1. The van der Waals surface area contributed by atoms with E-state index in [1.54, 1.807) is 10.9 Å². The van der Waals surface area contributed by atoms with Crippen LogP contribution in [0.5, 0.6) is 0 Å². The van der Waals surface area contributed by atoms with E-state index in [9.17, 15) is 5.11 Å². The van der Waals surface area contributed by atoms with Gasteiger partial charge in [0.25, 0.3) is 0 Å². The number of aryl methyl sites for hydroxylation is 1. The van der Waals surface area contributed by atoms with Gasteiger partial charge in [-0.15, -0.1) is 0 Å². The molecule has 2 aliphatic rings. The minimum atomic E-state index is -0.507. The van der Waals surface area contributed by atoms with Crippen LogP contribution < -0.4 is 0 Å². The maximum atomic E-state index is 10.3. The Kier molecular flexibility index (Phi) is 1.25. The summed E-state index contributed by atoms with van der Waals surface area (Å²) in [5.74, 6) is 1.05. The van der Waals surface area contributed by atoms with Crippen LogP contribution in [0.1, 0.15) is 24.8 Å². The molecule has 3 heteroatoms. The summed E-state index contributed by atoms with van der Waals surface area (Å²) in [7, 11) is 1.89. The van der Waals surface area contributed by atoms with E-state index in [0.29, 0.717) is 11.8 Å². The molecule has 1 aromatic heterocycles. The van der Waals surface area contributed by atoms with Gasteiger partial charge in [-0.05, 0) is 24.7 Å². The molecule has 1 heterocycles. The number of aromatic nitrogens is 2. The Morgan fingerprint density at radius 3 is 2.77 bits per heavy atom. The van der Waals surface area contributed by atoms with E-state index in [1.165, 1.54) is 19.3 Å². The fourth-order valence-corrected chi connectivity index (χ4v) is 2.98. The third-order valence-electron chi connectivity index (χ3n) is 3.70. The zero-order valence-electron chi connectivity index (χ0n) is 7.77. The van der Waals surface area contributed by atoms with Gasteiger partial charge in [0.05, 0.1) is 11.8 Å². The summed E-state index contributed by atoms with van der Waals surface area (Å²) in [5, 5.41) is 14.4. The number of hydrogen-bond donors (Lipinski definition) is 1. The molecule has 0 radical (unpaired) electrons. The topological polar surface area (TPSA) is 38.0 Å². The van der Waals surface area contributed by atoms with Crippen LogP contribution in [0.2, 0.25) is 0 Å². The van der Waals surface area contributed by atoms with Crippen LogP contribution in [-0.2, 0) is 12.6 Å². The van der Waals surface area contributed by atoms with Crippen molar-refractivity contribution in [2.24, 2.45) is 18.9 Å². The second-order valence-electron chi connectivity index (χ2n) is 4.37. The first-order chi connectivity index (χ1) is 6.23. The molecular weight excluding hydrogens is 164 g/mol. The zero-order chi connectivity index (χ0) is 9.05. The van der Waals surface area contributed by atoms with Gasteiger partial charge in [-0.2, -0.15) is 5.10 Å². The van der Waals surface area contributed by atoms with E-state index in [4.69, 9.17) is 0 Å². The highest BCUT2D eigenvalue weighted by Crippen LogP contribution is 2.65. The summed E-state index contributed by atoms with van der Waals surface area (Å²) in [5.41, 5.74) is 0.511. The Labute approximate surface area is 77.4 Å². The summed E-state index contributed by atoms with van der Waals surface area (Å²) in [4.78, 5) is 0. The molecule has 0 spiro atoms. The molecule has 3 nitrogen and oxygen atoms in total. The van der Waals surface area contributed by atoms with Crippen molar-refractivity contribution in [1.82, 2.24) is 9.78 Å². The normalized spacial score (nSPS) is 42.0. The van der Waals surface area contributed by atoms with E-state index in [2.05, 4.69) is 5.10 Å². The number of rotatable bonds is 1. The molecule has 2 unspecified atom stereocenters. The molecule has 3 rings (SSSR count). The summed E-state index contributed by atoms with van der Waals surface area (Å²) >= 11 is 0. The molecule has 2 aliphatic carbocycles. The van der Waals surface area contributed by atoms with Gasteiger partial charge in [-0.3, -0.25) is 4.68 Å². The van der Waals surface area contributed by atoms with E-state index >= 15 is 0 Å². The third kappa shape index (κ3) is 0.804. The Hall–Kier alpha value is -0.830. The average molecular weight is 178 g/mol. The van der Waals surface area contributed by atoms with Crippen LogP contribution >= 0.6 is 0 Å². The van der Waals surface area contributed by atoms with Gasteiger partial charge < -0.3 is 5.11 Å². The van der Waals surface area contributed by atoms with Gasteiger partial charge in [0.15, 0.2) is 0 Å². The van der Waals surface area contributed by atoms with E-state index in [1.807, 2.05) is 13.2 Å². The van der Waals surface area contributed by atoms with Crippen molar-refractivity contribution < 1.29 is 5.11 Å². The molecule has 1 aromatic rings. The molecule has 0 aromatic carbocycles. The van der Waals surface area contributed by atoms with Crippen LogP contribution in [0.25, 0.3) is 0 Å². The predicted molar refractivity (Wildman–Crippen MR) is 47.9 cm³/mol. The Balaban J connectivity index is 1.95. The van der Waals surface area contributed by atoms with E-state index in [-0.39, 0.29) is 0 Å². The van der Waals surface area contributed by atoms with E-state index in [0.717, 1.165) is 5.56 Å². The van der Waals surface area contributed by atoms with Crippen LogP contribution in [-0.4, -0.2) is 14.9 Å². The van der Waals surface area contributed by atoms with Crippen molar-refractivity contribution in [3.8, 4) is 0 Å². The van der Waals surface area contributed by atoms with E-state index < -0.39 is 5.60 Å². The smallest absolute Gasteiger partial charge is 0.0990 e. The second kappa shape index (κ2) is 2.15. The monoisotopic (exact) mass is 178 g/mol. The standard InChI is InChI=1S/C10H14N2O/c1-12-6-7(5-11-12)10(13)8-3-2-4-9(8)10/h5-6,8-9,13H,2-4H2,1H3.